The van der Waals surface area contributed by atoms with Crippen molar-refractivity contribution < 1.29 is 0 Å². The van der Waals surface area contributed by atoms with Crippen LogP contribution in [-0.2, 0) is 0 Å². The number of halogens is 1. The molecule has 0 radical (unpaired) electrons. The molecule has 0 saturated carbocycles. The largest absolute Gasteiger partial charge is 0.326 e. The first kappa shape index (κ1) is 16.2. The van der Waals surface area contributed by atoms with Gasteiger partial charge in [0.2, 0.25) is 0 Å². The van der Waals surface area contributed by atoms with Gasteiger partial charge in [0.15, 0.2) is 0 Å². The van der Waals surface area contributed by atoms with Crippen molar-refractivity contribution in [3.63, 3.8) is 0 Å². The fourth-order valence-electron chi connectivity index (χ4n) is 2.24. The van der Waals surface area contributed by atoms with Crippen LogP contribution in [0.25, 0.3) is 0 Å². The lowest BCUT2D eigenvalue weighted by atomic mass is 9.95. The average Bonchev–Trinajstić information content (AvgIpc) is 2.41. The van der Waals surface area contributed by atoms with Crippen molar-refractivity contribution in [3.8, 4) is 6.07 Å². The molecule has 0 aliphatic rings. The topological polar surface area (TPSA) is 53.0 Å². The third-order valence-electron chi connectivity index (χ3n) is 3.62. The van der Waals surface area contributed by atoms with Crippen LogP contribution in [0.4, 0.5) is 0 Å². The van der Waals surface area contributed by atoms with Gasteiger partial charge >= 0.3 is 0 Å². The van der Waals surface area contributed by atoms with Gasteiger partial charge in [0, 0.05) is 16.6 Å². The number of likely N-dealkylation sites (N-methyl/N-ethyl adjacent to an activating group) is 1. The van der Waals surface area contributed by atoms with Crippen LogP contribution in [0.2, 0.25) is 0 Å². The number of nitriles is 1. The number of benzene rings is 1. The molecule has 1 aromatic carbocycles. The molecular weight excluding hydrogens is 302 g/mol. The summed E-state index contributed by atoms with van der Waals surface area (Å²) in [6.45, 7) is 4.16. The molecule has 2 N–H and O–H groups in total. The molecule has 0 aliphatic carbocycles. The van der Waals surface area contributed by atoms with Gasteiger partial charge in [0.05, 0.1) is 18.5 Å². The van der Waals surface area contributed by atoms with Crippen molar-refractivity contribution >= 4 is 15.9 Å². The monoisotopic (exact) mass is 323 g/mol. The first-order valence-electron chi connectivity index (χ1n) is 6.61. The minimum Gasteiger partial charge on any atom is -0.326 e. The molecule has 4 heteroatoms. The predicted molar refractivity (Wildman–Crippen MR) is 82.6 cm³/mol. The van der Waals surface area contributed by atoms with Crippen molar-refractivity contribution in [2.75, 3.05) is 7.05 Å². The molecule has 1 aromatic rings. The molecule has 3 unspecified atom stereocenters. The summed E-state index contributed by atoms with van der Waals surface area (Å²) in [4.78, 5) is 2.21. The number of nitrogens with two attached hydrogens (primary N) is 1. The zero-order valence-corrected chi connectivity index (χ0v) is 13.4. The molecule has 1 rings (SSSR count). The highest BCUT2D eigenvalue weighted by molar-refractivity contribution is 9.10. The van der Waals surface area contributed by atoms with Gasteiger partial charge in [0.25, 0.3) is 0 Å². The molecule has 104 valence electrons. The molecule has 0 heterocycles. The number of hydrogen-bond acceptors (Lipinski definition) is 3. The predicted octanol–water partition coefficient (Wildman–Crippen LogP) is 3.46. The van der Waals surface area contributed by atoms with Gasteiger partial charge < -0.3 is 5.73 Å². The number of hydrogen-bond donors (Lipinski definition) is 1. The summed E-state index contributed by atoms with van der Waals surface area (Å²) in [5.41, 5.74) is 7.49. The maximum atomic E-state index is 8.87. The number of rotatable bonds is 6. The van der Waals surface area contributed by atoms with E-state index in [9.17, 15) is 0 Å². The zero-order chi connectivity index (χ0) is 14.4. The third-order valence-corrected chi connectivity index (χ3v) is 4.34. The molecule has 0 aromatic heterocycles. The van der Waals surface area contributed by atoms with Gasteiger partial charge in [0.1, 0.15) is 0 Å². The van der Waals surface area contributed by atoms with Crippen LogP contribution in [0.15, 0.2) is 28.7 Å². The molecule has 0 aliphatic heterocycles. The third kappa shape index (κ3) is 4.04. The van der Waals surface area contributed by atoms with Gasteiger partial charge in [-0.2, -0.15) is 5.26 Å². The summed E-state index contributed by atoms with van der Waals surface area (Å²) in [6, 6.07) is 10.7. The van der Waals surface area contributed by atoms with Crippen LogP contribution < -0.4 is 5.73 Å². The molecule has 0 saturated heterocycles. The summed E-state index contributed by atoms with van der Waals surface area (Å²) in [5.74, 6) is 0. The van der Waals surface area contributed by atoms with Gasteiger partial charge in [-0.15, -0.1) is 0 Å². The molecule has 19 heavy (non-hydrogen) atoms. The Morgan fingerprint density at radius 3 is 2.58 bits per heavy atom. The first-order valence-corrected chi connectivity index (χ1v) is 7.41. The SMILES string of the molecule is CCC(N)C(c1ccccc1Br)N(C)C(C)CC#N. The van der Waals surface area contributed by atoms with E-state index in [1.165, 1.54) is 5.56 Å². The second-order valence-corrected chi connectivity index (χ2v) is 5.77. The van der Waals surface area contributed by atoms with E-state index in [1.54, 1.807) is 0 Å². The van der Waals surface area contributed by atoms with Gasteiger partial charge in [-0.1, -0.05) is 41.1 Å². The van der Waals surface area contributed by atoms with Crippen LogP contribution in [-0.4, -0.2) is 24.0 Å². The van der Waals surface area contributed by atoms with Crippen LogP contribution >= 0.6 is 15.9 Å². The van der Waals surface area contributed by atoms with Gasteiger partial charge in [-0.25, -0.2) is 0 Å². The van der Waals surface area contributed by atoms with Gasteiger partial charge in [-0.3, -0.25) is 4.90 Å². The lowest BCUT2D eigenvalue weighted by molar-refractivity contribution is 0.159. The van der Waals surface area contributed by atoms with Gasteiger partial charge in [-0.05, 0) is 32.0 Å². The molecule has 3 nitrogen and oxygen atoms in total. The summed E-state index contributed by atoms with van der Waals surface area (Å²) in [5, 5.41) is 8.87. The highest BCUT2D eigenvalue weighted by atomic mass is 79.9. The molecule has 3 atom stereocenters. The van der Waals surface area contributed by atoms with E-state index in [0.29, 0.717) is 6.42 Å². The lowest BCUT2D eigenvalue weighted by Gasteiger charge is -2.36. The second-order valence-electron chi connectivity index (χ2n) is 4.92. The molecule has 0 fully saturated rings. The molecule has 0 bridgehead atoms. The Morgan fingerprint density at radius 2 is 2.05 bits per heavy atom. The maximum absolute atomic E-state index is 8.87. The lowest BCUT2D eigenvalue weighted by Crippen LogP contribution is -2.43. The quantitative estimate of drug-likeness (QED) is 0.872. The Labute approximate surface area is 124 Å². The Bertz CT molecular complexity index is 441. The standard InChI is InChI=1S/C15H22BrN3/c1-4-14(18)15(19(3)11(2)9-10-17)12-7-5-6-8-13(12)16/h5-8,11,14-15H,4,9,18H2,1-3H3. The molecular formula is C15H22BrN3. The number of nitrogens with zero attached hydrogens (tertiary/aromatic N) is 2. The Kier molecular flexibility index (Phi) is 6.50. The van der Waals surface area contributed by atoms with E-state index in [-0.39, 0.29) is 18.1 Å². The molecule has 0 spiro atoms. The van der Waals surface area contributed by atoms with Crippen LogP contribution in [0.1, 0.15) is 38.3 Å². The fourth-order valence-corrected chi connectivity index (χ4v) is 2.76. The minimum absolute atomic E-state index is 0.0462. The average molecular weight is 324 g/mol. The first-order chi connectivity index (χ1) is 9.02. The van der Waals surface area contributed by atoms with E-state index in [4.69, 9.17) is 11.0 Å². The Balaban J connectivity index is 3.09. The van der Waals surface area contributed by atoms with E-state index in [2.05, 4.69) is 46.8 Å². The highest BCUT2D eigenvalue weighted by Gasteiger charge is 2.27. The molecule has 0 amide bonds. The Morgan fingerprint density at radius 1 is 1.42 bits per heavy atom. The highest BCUT2D eigenvalue weighted by Crippen LogP contribution is 2.31. The Hall–Kier alpha value is -0.890. The summed E-state index contributed by atoms with van der Waals surface area (Å²) < 4.78 is 1.07. The normalized spacial score (nSPS) is 15.8. The van der Waals surface area contributed by atoms with E-state index >= 15 is 0 Å². The summed E-state index contributed by atoms with van der Waals surface area (Å²) >= 11 is 3.60. The zero-order valence-electron chi connectivity index (χ0n) is 11.8. The maximum Gasteiger partial charge on any atom is 0.0638 e. The van der Waals surface area contributed by atoms with Crippen molar-refractivity contribution in [2.24, 2.45) is 5.73 Å². The van der Waals surface area contributed by atoms with Crippen molar-refractivity contribution in [1.82, 2.24) is 4.90 Å². The van der Waals surface area contributed by atoms with E-state index < -0.39 is 0 Å². The van der Waals surface area contributed by atoms with Crippen molar-refractivity contribution in [1.29, 1.82) is 5.26 Å². The van der Waals surface area contributed by atoms with Crippen LogP contribution in [0.5, 0.6) is 0 Å². The summed E-state index contributed by atoms with van der Waals surface area (Å²) in [7, 11) is 2.04. The minimum atomic E-state index is 0.0462. The van der Waals surface area contributed by atoms with E-state index in [1.807, 2.05) is 25.2 Å². The van der Waals surface area contributed by atoms with Crippen LogP contribution in [0.3, 0.4) is 0 Å². The van der Waals surface area contributed by atoms with Crippen molar-refractivity contribution in [3.05, 3.63) is 34.3 Å². The fraction of sp³-hybridized carbons (Fsp3) is 0.533. The van der Waals surface area contributed by atoms with Crippen LogP contribution in [0, 0.1) is 11.3 Å². The smallest absolute Gasteiger partial charge is 0.0638 e. The van der Waals surface area contributed by atoms with Crippen molar-refractivity contribution in [2.45, 2.75) is 44.8 Å². The summed E-state index contributed by atoms with van der Waals surface area (Å²) in [6.07, 6.45) is 1.41. The van der Waals surface area contributed by atoms with E-state index in [0.717, 1.165) is 10.9 Å². The second kappa shape index (κ2) is 7.64.